The molecular formula is C14H10BrFN2O3. The molecule has 0 fully saturated rings. The highest BCUT2D eigenvalue weighted by molar-refractivity contribution is 9.10. The standard InChI is InChI=1S/C14H10BrFN2O3/c15-10-3-6-12(13(16)7-10)14(19)17-8-9-1-4-11(5-2-9)18(20)21/h1-7H,8H2,(H,17,19). The van der Waals surface area contributed by atoms with Crippen LogP contribution in [0.5, 0.6) is 0 Å². The van der Waals surface area contributed by atoms with Gasteiger partial charge in [-0.05, 0) is 23.8 Å². The van der Waals surface area contributed by atoms with E-state index in [0.717, 1.165) is 0 Å². The van der Waals surface area contributed by atoms with Crippen molar-refractivity contribution in [2.24, 2.45) is 0 Å². The van der Waals surface area contributed by atoms with E-state index in [4.69, 9.17) is 0 Å². The smallest absolute Gasteiger partial charge is 0.269 e. The van der Waals surface area contributed by atoms with E-state index >= 15 is 0 Å². The van der Waals surface area contributed by atoms with Gasteiger partial charge in [0.05, 0.1) is 10.5 Å². The van der Waals surface area contributed by atoms with E-state index in [9.17, 15) is 19.3 Å². The fourth-order valence-corrected chi connectivity index (χ4v) is 2.02. The van der Waals surface area contributed by atoms with Crippen molar-refractivity contribution in [2.45, 2.75) is 6.54 Å². The summed E-state index contributed by atoms with van der Waals surface area (Å²) in [6.07, 6.45) is 0. The number of nitrogens with one attached hydrogen (secondary N) is 1. The number of hydrogen-bond acceptors (Lipinski definition) is 3. The maximum atomic E-state index is 13.6. The molecule has 0 heterocycles. The third-order valence-corrected chi connectivity index (χ3v) is 3.27. The second-order valence-corrected chi connectivity index (χ2v) is 5.15. The lowest BCUT2D eigenvalue weighted by Crippen LogP contribution is -2.23. The minimum Gasteiger partial charge on any atom is -0.348 e. The normalized spacial score (nSPS) is 10.2. The number of halogens is 2. The van der Waals surface area contributed by atoms with E-state index in [0.29, 0.717) is 10.0 Å². The van der Waals surface area contributed by atoms with Crippen LogP contribution in [-0.2, 0) is 6.54 Å². The van der Waals surface area contributed by atoms with Crippen LogP contribution in [-0.4, -0.2) is 10.8 Å². The predicted molar refractivity (Wildman–Crippen MR) is 78.4 cm³/mol. The SMILES string of the molecule is O=C(NCc1ccc([N+](=O)[O-])cc1)c1ccc(Br)cc1F. The van der Waals surface area contributed by atoms with Crippen molar-refractivity contribution < 1.29 is 14.1 Å². The van der Waals surface area contributed by atoms with Crippen molar-refractivity contribution in [1.82, 2.24) is 5.32 Å². The van der Waals surface area contributed by atoms with Crippen LogP contribution < -0.4 is 5.32 Å². The summed E-state index contributed by atoms with van der Waals surface area (Å²) < 4.78 is 14.2. The zero-order chi connectivity index (χ0) is 15.4. The molecule has 0 aliphatic carbocycles. The van der Waals surface area contributed by atoms with Crippen LogP contribution in [0, 0.1) is 15.9 Å². The molecule has 7 heteroatoms. The Hall–Kier alpha value is -2.28. The molecule has 0 aromatic heterocycles. The number of hydrogen-bond donors (Lipinski definition) is 1. The first kappa shape index (κ1) is 15.1. The maximum Gasteiger partial charge on any atom is 0.269 e. The Bertz CT molecular complexity index is 689. The number of nitro groups is 1. The maximum absolute atomic E-state index is 13.6. The van der Waals surface area contributed by atoms with Crippen LogP contribution in [0.3, 0.4) is 0 Å². The number of carbonyl (C=O) groups is 1. The molecule has 0 radical (unpaired) electrons. The highest BCUT2D eigenvalue weighted by atomic mass is 79.9. The Kier molecular flexibility index (Phi) is 4.64. The summed E-state index contributed by atoms with van der Waals surface area (Å²) in [4.78, 5) is 21.9. The predicted octanol–water partition coefficient (Wildman–Crippen LogP) is 3.43. The van der Waals surface area contributed by atoms with Crippen LogP contribution in [0.25, 0.3) is 0 Å². The van der Waals surface area contributed by atoms with E-state index in [1.807, 2.05) is 0 Å². The molecule has 0 spiro atoms. The number of rotatable bonds is 4. The van der Waals surface area contributed by atoms with Gasteiger partial charge >= 0.3 is 0 Å². The molecule has 2 aromatic rings. The molecule has 1 N–H and O–H groups in total. The van der Waals surface area contributed by atoms with Crippen molar-refractivity contribution in [3.8, 4) is 0 Å². The summed E-state index contributed by atoms with van der Waals surface area (Å²) in [6.45, 7) is 0.159. The molecule has 5 nitrogen and oxygen atoms in total. The number of amides is 1. The van der Waals surface area contributed by atoms with Gasteiger partial charge in [0.25, 0.3) is 11.6 Å². The molecular weight excluding hydrogens is 343 g/mol. The van der Waals surface area contributed by atoms with Crippen LogP contribution in [0.15, 0.2) is 46.9 Å². The molecule has 0 saturated carbocycles. The summed E-state index contributed by atoms with van der Waals surface area (Å²) in [5.41, 5.74) is 0.607. The zero-order valence-corrected chi connectivity index (χ0v) is 12.3. The van der Waals surface area contributed by atoms with Gasteiger partial charge in [0.2, 0.25) is 0 Å². The van der Waals surface area contributed by atoms with E-state index in [1.54, 1.807) is 6.07 Å². The number of carbonyl (C=O) groups excluding carboxylic acids is 1. The van der Waals surface area contributed by atoms with Crippen molar-refractivity contribution in [3.63, 3.8) is 0 Å². The number of nitrogens with zero attached hydrogens (tertiary/aromatic N) is 1. The average Bonchev–Trinajstić information content (AvgIpc) is 2.45. The number of nitro benzene ring substituents is 1. The van der Waals surface area contributed by atoms with Crippen LogP contribution in [0.4, 0.5) is 10.1 Å². The molecule has 2 rings (SSSR count). The summed E-state index contributed by atoms with van der Waals surface area (Å²) in [5, 5.41) is 13.1. The molecule has 21 heavy (non-hydrogen) atoms. The van der Waals surface area contributed by atoms with Gasteiger partial charge in [-0.3, -0.25) is 14.9 Å². The first-order valence-corrected chi connectivity index (χ1v) is 6.73. The second-order valence-electron chi connectivity index (χ2n) is 4.23. The average molecular weight is 353 g/mol. The summed E-state index contributed by atoms with van der Waals surface area (Å²) in [5.74, 6) is -1.16. The van der Waals surface area contributed by atoms with Crippen LogP contribution in [0.2, 0.25) is 0 Å². The van der Waals surface area contributed by atoms with Crippen LogP contribution >= 0.6 is 15.9 Å². The van der Waals surface area contributed by atoms with Gasteiger partial charge in [0, 0.05) is 23.2 Å². The van der Waals surface area contributed by atoms with E-state index < -0.39 is 16.6 Å². The van der Waals surface area contributed by atoms with Crippen molar-refractivity contribution >= 4 is 27.5 Å². The molecule has 0 aliphatic heterocycles. The topological polar surface area (TPSA) is 72.2 Å². The fourth-order valence-electron chi connectivity index (χ4n) is 1.69. The van der Waals surface area contributed by atoms with Gasteiger partial charge < -0.3 is 5.32 Å². The van der Waals surface area contributed by atoms with Gasteiger partial charge in [0.1, 0.15) is 5.82 Å². The lowest BCUT2D eigenvalue weighted by molar-refractivity contribution is -0.384. The van der Waals surface area contributed by atoms with E-state index in [1.165, 1.54) is 36.4 Å². The van der Waals surface area contributed by atoms with Crippen molar-refractivity contribution in [1.29, 1.82) is 0 Å². The van der Waals surface area contributed by atoms with Gasteiger partial charge in [-0.25, -0.2) is 4.39 Å². The highest BCUT2D eigenvalue weighted by Gasteiger charge is 2.12. The largest absolute Gasteiger partial charge is 0.348 e. The summed E-state index contributed by atoms with van der Waals surface area (Å²) in [7, 11) is 0. The molecule has 1 amide bonds. The molecule has 2 aromatic carbocycles. The van der Waals surface area contributed by atoms with Crippen molar-refractivity contribution in [3.05, 3.63) is 74.0 Å². The molecule has 0 saturated heterocycles. The Morgan fingerprint density at radius 2 is 1.90 bits per heavy atom. The third-order valence-electron chi connectivity index (χ3n) is 2.78. The molecule has 108 valence electrons. The Morgan fingerprint density at radius 1 is 1.24 bits per heavy atom. The number of benzene rings is 2. The number of non-ortho nitro benzene ring substituents is 1. The summed E-state index contributed by atoms with van der Waals surface area (Å²) in [6, 6.07) is 9.94. The third kappa shape index (κ3) is 3.85. The first-order chi connectivity index (χ1) is 9.97. The van der Waals surface area contributed by atoms with Crippen molar-refractivity contribution in [2.75, 3.05) is 0 Å². The highest BCUT2D eigenvalue weighted by Crippen LogP contribution is 2.16. The lowest BCUT2D eigenvalue weighted by atomic mass is 10.1. The minimum absolute atomic E-state index is 0.0240. The van der Waals surface area contributed by atoms with Crippen LogP contribution in [0.1, 0.15) is 15.9 Å². The van der Waals surface area contributed by atoms with Gasteiger partial charge in [-0.15, -0.1) is 0 Å². The molecule has 0 aliphatic rings. The van der Waals surface area contributed by atoms with Gasteiger partial charge in [-0.2, -0.15) is 0 Å². The zero-order valence-electron chi connectivity index (χ0n) is 10.7. The molecule has 0 bridgehead atoms. The van der Waals surface area contributed by atoms with E-state index in [2.05, 4.69) is 21.2 Å². The Labute approximate surface area is 128 Å². The fraction of sp³-hybridized carbons (Fsp3) is 0.0714. The molecule has 0 unspecified atom stereocenters. The minimum atomic E-state index is -0.620. The quantitative estimate of drug-likeness (QED) is 0.676. The van der Waals surface area contributed by atoms with Gasteiger partial charge in [0.15, 0.2) is 0 Å². The summed E-state index contributed by atoms with van der Waals surface area (Å²) >= 11 is 3.11. The first-order valence-electron chi connectivity index (χ1n) is 5.94. The van der Waals surface area contributed by atoms with E-state index in [-0.39, 0.29) is 17.8 Å². The molecule has 0 atom stereocenters. The lowest BCUT2D eigenvalue weighted by Gasteiger charge is -2.06. The Balaban J connectivity index is 2.02. The van der Waals surface area contributed by atoms with Gasteiger partial charge in [-0.1, -0.05) is 28.1 Å². The second kappa shape index (κ2) is 6.45. The Morgan fingerprint density at radius 3 is 2.48 bits per heavy atom. The monoisotopic (exact) mass is 352 g/mol.